The van der Waals surface area contributed by atoms with Crippen molar-refractivity contribution in [2.24, 2.45) is 5.41 Å². The van der Waals surface area contributed by atoms with Gasteiger partial charge in [0.1, 0.15) is 0 Å². The van der Waals surface area contributed by atoms with E-state index in [9.17, 15) is 0 Å². The number of nitrogens with one attached hydrogen (secondary N) is 1. The second kappa shape index (κ2) is 21.2. The van der Waals surface area contributed by atoms with Gasteiger partial charge in [-0.1, -0.05) is 63.6 Å². The number of para-hydroxylation sites is 1. The molecule has 0 spiro atoms. The summed E-state index contributed by atoms with van der Waals surface area (Å²) >= 11 is 6.19. The number of hydrogen-bond donors (Lipinski definition) is 1. The van der Waals surface area contributed by atoms with Gasteiger partial charge < -0.3 is 10.1 Å². The number of rotatable bonds is 16. The monoisotopic (exact) mass is 879 g/mol. The fraction of sp³-hybridized carbons (Fsp3) is 0.420. The van der Waals surface area contributed by atoms with Gasteiger partial charge in [-0.25, -0.2) is 0 Å². The number of hydrogen-bond acceptors (Lipinski definition) is 3. The first kappa shape index (κ1) is 44.3. The number of nitrogens with zero attached hydrogens (tertiary/aromatic N) is 1. The molecular weight excluding hydrogens is 817 g/mol. The number of ether oxygens (including phenoxy) is 1. The summed E-state index contributed by atoms with van der Waals surface area (Å²) < 4.78 is 7.88. The summed E-state index contributed by atoms with van der Waals surface area (Å²) in [5.74, 6) is 1.68. The van der Waals surface area contributed by atoms with Crippen molar-refractivity contribution in [1.82, 2.24) is 4.90 Å². The Morgan fingerprint density at radius 3 is 1.98 bits per heavy atom. The van der Waals surface area contributed by atoms with E-state index in [1.165, 1.54) is 51.1 Å². The number of methoxy groups -OCH3 is 1. The van der Waals surface area contributed by atoms with Crippen LogP contribution in [0, 0.1) is 5.41 Å². The Morgan fingerprint density at radius 1 is 0.839 bits per heavy atom. The number of alkyl halides is 1. The van der Waals surface area contributed by atoms with Crippen LogP contribution in [-0.4, -0.2) is 34.1 Å². The van der Waals surface area contributed by atoms with Crippen molar-refractivity contribution in [3.05, 3.63) is 160 Å². The standard InChI is InChI=1S/C28H42ClNO.C22H21N.ClH.Ru/c1-19(2)23-9-8-10-24(20(3)4)26(23)30-27(5,6)18-28(15-16-29)14-13-21-11-12-22(31-7)17-25(21)28;1-19-10-8-9-15-22(19)18-23(16-20-11-4-2-5-12-20)17-21-13-6-3-7-14-21;;/h8-12,19-20,22,30H,13-18H2,1-7H3;1-15H,16-18H2;1H;/q;;;+1/p-1. The summed E-state index contributed by atoms with van der Waals surface area (Å²) in [6.45, 7) is 16.7. The molecule has 0 fully saturated rings. The SMILES string of the molecule is COC1C=CC2=C(C1)C(CCCl)(CC(C)(C)Nc1c(C(C)C)cccc1C(C)C)CC2.[Cl][Ru]=[CH]c1ccccc1CN(Cc1ccccc1)Cc1ccccc1. The number of anilines is 1. The summed E-state index contributed by atoms with van der Waals surface area (Å²) in [4.78, 5) is 2.49. The first-order valence-corrected chi connectivity index (χ1v) is 24.1. The molecule has 4 aromatic rings. The average Bonchev–Trinajstić information content (AvgIpc) is 3.52. The normalized spacial score (nSPS) is 18.3. The van der Waals surface area contributed by atoms with Crippen LogP contribution >= 0.6 is 21.3 Å². The zero-order chi connectivity index (χ0) is 40.1. The van der Waals surface area contributed by atoms with E-state index in [2.05, 4.69) is 172 Å². The Kier molecular flexibility index (Phi) is 16.8. The van der Waals surface area contributed by atoms with Crippen molar-refractivity contribution in [3.63, 3.8) is 0 Å². The van der Waals surface area contributed by atoms with Gasteiger partial charge in [0.25, 0.3) is 0 Å². The minimum absolute atomic E-state index is 0.0487. The van der Waals surface area contributed by atoms with Crippen molar-refractivity contribution >= 4 is 31.6 Å². The van der Waals surface area contributed by atoms with Crippen LogP contribution in [-0.2, 0) is 40.1 Å². The summed E-state index contributed by atoms with van der Waals surface area (Å²) in [6.07, 6.45) is 10.2. The molecule has 0 saturated carbocycles. The van der Waals surface area contributed by atoms with Gasteiger partial charge in [-0.05, 0) is 79.9 Å². The van der Waals surface area contributed by atoms with Gasteiger partial charge >= 0.3 is 162 Å². The topological polar surface area (TPSA) is 24.5 Å². The summed E-state index contributed by atoms with van der Waals surface area (Å²) in [6, 6.07) is 36.7. The molecule has 3 nitrogen and oxygen atoms in total. The van der Waals surface area contributed by atoms with Gasteiger partial charge in [0.05, 0.1) is 6.10 Å². The van der Waals surface area contributed by atoms with Crippen molar-refractivity contribution in [2.75, 3.05) is 18.3 Å². The molecule has 0 saturated heterocycles. The second-order valence-electron chi connectivity index (χ2n) is 16.9. The van der Waals surface area contributed by atoms with Gasteiger partial charge in [-0.2, -0.15) is 0 Å². The van der Waals surface area contributed by atoms with Crippen LogP contribution < -0.4 is 5.32 Å². The van der Waals surface area contributed by atoms with E-state index in [1.54, 1.807) is 5.57 Å². The maximum absolute atomic E-state index is 6.40. The molecule has 56 heavy (non-hydrogen) atoms. The molecule has 0 amide bonds. The zero-order valence-electron chi connectivity index (χ0n) is 34.6. The van der Waals surface area contributed by atoms with Gasteiger partial charge in [-0.15, -0.1) is 11.6 Å². The van der Waals surface area contributed by atoms with Crippen molar-refractivity contribution in [1.29, 1.82) is 0 Å². The van der Waals surface area contributed by atoms with E-state index in [-0.39, 0.29) is 32.7 Å². The van der Waals surface area contributed by atoms with Crippen molar-refractivity contribution in [2.45, 2.75) is 117 Å². The minimum atomic E-state index is -0.216. The molecular formula is C50H63Cl2N2ORu. The first-order valence-electron chi connectivity index (χ1n) is 20.3. The third-order valence-corrected chi connectivity index (χ3v) is 12.8. The first-order chi connectivity index (χ1) is 27.0. The number of benzene rings is 4. The molecule has 6 heteroatoms. The molecule has 0 heterocycles. The van der Waals surface area contributed by atoms with E-state index in [1.807, 2.05) is 7.11 Å². The average molecular weight is 880 g/mol. The van der Waals surface area contributed by atoms with Crippen LogP contribution in [0.1, 0.15) is 119 Å². The summed E-state index contributed by atoms with van der Waals surface area (Å²) in [5, 5.41) is 4.03. The molecule has 0 radical (unpaired) electrons. The Bertz CT molecular complexity index is 1850. The summed E-state index contributed by atoms with van der Waals surface area (Å²) in [7, 11) is 7.84. The Labute approximate surface area is 355 Å². The fourth-order valence-corrected chi connectivity index (χ4v) is 10.3. The molecule has 2 atom stereocenters. The zero-order valence-corrected chi connectivity index (χ0v) is 37.9. The molecule has 0 aliphatic heterocycles. The predicted octanol–water partition coefficient (Wildman–Crippen LogP) is 13.5. The van der Waals surface area contributed by atoms with Crippen LogP contribution in [0.2, 0.25) is 0 Å². The Morgan fingerprint density at radius 2 is 1.43 bits per heavy atom. The van der Waals surface area contributed by atoms with Gasteiger partial charge in [0.2, 0.25) is 0 Å². The van der Waals surface area contributed by atoms with Gasteiger partial charge in [-0.3, -0.25) is 0 Å². The molecule has 6 rings (SSSR count). The Hall–Kier alpha value is -2.85. The van der Waals surface area contributed by atoms with E-state index < -0.39 is 0 Å². The van der Waals surface area contributed by atoms with Crippen LogP contribution in [0.3, 0.4) is 0 Å². The van der Waals surface area contributed by atoms with Crippen LogP contribution in [0.15, 0.2) is 126 Å². The Balaban J connectivity index is 0.000000219. The van der Waals surface area contributed by atoms with Gasteiger partial charge in [0, 0.05) is 24.2 Å². The quantitative estimate of drug-likeness (QED) is 0.0896. The third kappa shape index (κ3) is 12.1. The third-order valence-electron chi connectivity index (χ3n) is 11.4. The molecule has 2 unspecified atom stereocenters. The summed E-state index contributed by atoms with van der Waals surface area (Å²) in [5.41, 5.74) is 12.7. The number of allylic oxidation sites excluding steroid dienone is 2. The molecule has 2 aliphatic carbocycles. The fourth-order valence-electron chi connectivity index (χ4n) is 8.78. The number of halogens is 2. The molecule has 4 aromatic carbocycles. The second-order valence-corrected chi connectivity index (χ2v) is 19.0. The van der Waals surface area contributed by atoms with E-state index in [4.69, 9.17) is 26.0 Å². The van der Waals surface area contributed by atoms with Crippen LogP contribution in [0.25, 0.3) is 0 Å². The molecule has 1 N–H and O–H groups in total. The molecule has 301 valence electrons. The molecule has 2 aliphatic rings. The van der Waals surface area contributed by atoms with E-state index >= 15 is 0 Å². The van der Waals surface area contributed by atoms with Crippen LogP contribution in [0.4, 0.5) is 5.69 Å². The van der Waals surface area contributed by atoms with Crippen molar-refractivity contribution < 1.29 is 20.4 Å². The van der Waals surface area contributed by atoms with Gasteiger partial charge in [0.15, 0.2) is 0 Å². The maximum atomic E-state index is 6.40. The molecule has 0 aromatic heterocycles. The van der Waals surface area contributed by atoms with E-state index in [0.29, 0.717) is 17.7 Å². The molecule has 0 bridgehead atoms. The van der Waals surface area contributed by atoms with Crippen LogP contribution in [0.5, 0.6) is 0 Å². The van der Waals surface area contributed by atoms with Crippen molar-refractivity contribution in [3.8, 4) is 0 Å². The van der Waals surface area contributed by atoms with E-state index in [0.717, 1.165) is 45.3 Å². The predicted molar refractivity (Wildman–Crippen MR) is 239 cm³/mol.